The molecule has 0 saturated carbocycles. The van der Waals surface area contributed by atoms with Gasteiger partial charge in [-0.3, -0.25) is 9.89 Å². The summed E-state index contributed by atoms with van der Waals surface area (Å²) in [5.74, 6) is 1.51. The van der Waals surface area contributed by atoms with Crippen LogP contribution in [0.1, 0.15) is 36.6 Å². The highest BCUT2D eigenvalue weighted by Gasteiger charge is 2.31. The van der Waals surface area contributed by atoms with Crippen molar-refractivity contribution in [2.45, 2.75) is 37.8 Å². The summed E-state index contributed by atoms with van der Waals surface area (Å²) in [6.45, 7) is 3.89. The Balaban J connectivity index is 0.00000225. The number of nitrogens with one attached hydrogen (secondary N) is 2. The van der Waals surface area contributed by atoms with E-state index >= 15 is 0 Å². The van der Waals surface area contributed by atoms with Crippen LogP contribution >= 0.6 is 35.3 Å². The highest BCUT2D eigenvalue weighted by molar-refractivity contribution is 14.0. The van der Waals surface area contributed by atoms with E-state index in [1.807, 2.05) is 18.4 Å². The van der Waals surface area contributed by atoms with Gasteiger partial charge in [0.2, 0.25) is 0 Å². The molecule has 142 valence electrons. The summed E-state index contributed by atoms with van der Waals surface area (Å²) >= 11 is 1.87. The number of likely N-dealkylation sites (tertiary alicyclic amines) is 1. The topological polar surface area (TPSA) is 48.9 Å². The third-order valence-electron chi connectivity index (χ3n) is 5.12. The highest BCUT2D eigenvalue weighted by atomic mass is 127. The van der Waals surface area contributed by atoms with Gasteiger partial charge < -0.3 is 15.4 Å². The number of halogens is 1. The van der Waals surface area contributed by atoms with Gasteiger partial charge in [-0.05, 0) is 56.6 Å². The van der Waals surface area contributed by atoms with Crippen molar-refractivity contribution in [1.29, 1.82) is 0 Å². The summed E-state index contributed by atoms with van der Waals surface area (Å²) < 4.78 is 5.67. The van der Waals surface area contributed by atoms with E-state index in [-0.39, 0.29) is 24.0 Å². The third kappa shape index (κ3) is 5.80. The lowest BCUT2D eigenvalue weighted by molar-refractivity contribution is 0.113. The molecule has 2 N–H and O–H groups in total. The average Bonchev–Trinajstić information content (AvgIpc) is 3.29. The summed E-state index contributed by atoms with van der Waals surface area (Å²) in [6.07, 6.45) is 5.20. The first-order valence-electron chi connectivity index (χ1n) is 9.07. The van der Waals surface area contributed by atoms with Crippen LogP contribution in [0.15, 0.2) is 22.5 Å². The fraction of sp³-hybridized carbons (Fsp3) is 0.722. The van der Waals surface area contributed by atoms with Crippen molar-refractivity contribution in [3.05, 3.63) is 22.4 Å². The van der Waals surface area contributed by atoms with Crippen LogP contribution in [0.25, 0.3) is 0 Å². The number of thiophene rings is 1. The number of hydrogen-bond acceptors (Lipinski definition) is 4. The lowest BCUT2D eigenvalue weighted by atomic mass is 9.88. The number of guanidine groups is 1. The lowest BCUT2D eigenvalue weighted by Crippen LogP contribution is -2.46. The standard InChI is InChI=1S/C18H30N4OS.HI/c1-19-18(21-13-15-7-4-10-23-15)20-12-14-6-3-9-22(2)17(14)16-8-5-11-24-16;/h5,8,11,14-15,17H,3-4,6-7,9-10,12-13H2,1-2H3,(H2,19,20,21);1H. The number of aliphatic imine (C=N–C) groups is 1. The minimum atomic E-state index is 0. The molecule has 7 heteroatoms. The quantitative estimate of drug-likeness (QED) is 0.388. The molecule has 0 radical (unpaired) electrons. The van der Waals surface area contributed by atoms with E-state index in [0.717, 1.165) is 32.1 Å². The number of nitrogens with zero attached hydrogens (tertiary/aromatic N) is 2. The van der Waals surface area contributed by atoms with Crippen molar-refractivity contribution < 1.29 is 4.74 Å². The monoisotopic (exact) mass is 478 g/mol. The molecule has 3 atom stereocenters. The summed E-state index contributed by atoms with van der Waals surface area (Å²) in [4.78, 5) is 8.35. The minimum absolute atomic E-state index is 0. The van der Waals surface area contributed by atoms with E-state index < -0.39 is 0 Å². The lowest BCUT2D eigenvalue weighted by Gasteiger charge is -2.39. The molecule has 3 heterocycles. The normalized spacial score (nSPS) is 27.8. The van der Waals surface area contributed by atoms with Crippen molar-refractivity contribution in [3.8, 4) is 0 Å². The van der Waals surface area contributed by atoms with Gasteiger partial charge in [-0.15, -0.1) is 35.3 Å². The molecule has 2 saturated heterocycles. The maximum Gasteiger partial charge on any atom is 0.191 e. The second kappa shape index (κ2) is 10.7. The van der Waals surface area contributed by atoms with E-state index in [4.69, 9.17) is 4.74 Å². The Kier molecular flexibility index (Phi) is 8.95. The van der Waals surface area contributed by atoms with Crippen molar-refractivity contribution in [2.75, 3.05) is 40.3 Å². The molecule has 0 aromatic carbocycles. The van der Waals surface area contributed by atoms with Crippen molar-refractivity contribution >= 4 is 41.3 Å². The van der Waals surface area contributed by atoms with Crippen molar-refractivity contribution in [2.24, 2.45) is 10.9 Å². The molecule has 0 amide bonds. The zero-order valence-corrected chi connectivity index (χ0v) is 18.4. The molecule has 2 fully saturated rings. The van der Waals surface area contributed by atoms with Gasteiger partial charge in [-0.2, -0.15) is 0 Å². The fourth-order valence-electron chi connectivity index (χ4n) is 3.85. The predicted octanol–water partition coefficient (Wildman–Crippen LogP) is 3.09. The van der Waals surface area contributed by atoms with Crippen LogP contribution in [0.4, 0.5) is 0 Å². The van der Waals surface area contributed by atoms with Crippen LogP contribution in [0.2, 0.25) is 0 Å². The van der Waals surface area contributed by atoms with Crippen LogP contribution in [-0.4, -0.2) is 57.3 Å². The molecule has 0 aliphatic carbocycles. The van der Waals surface area contributed by atoms with E-state index in [0.29, 0.717) is 18.1 Å². The molecule has 0 spiro atoms. The third-order valence-corrected chi connectivity index (χ3v) is 6.06. The zero-order chi connectivity index (χ0) is 16.8. The first-order valence-corrected chi connectivity index (χ1v) is 9.95. The molecule has 3 rings (SSSR count). The van der Waals surface area contributed by atoms with Gasteiger partial charge in [-0.1, -0.05) is 6.07 Å². The summed E-state index contributed by atoms with van der Waals surface area (Å²) in [6, 6.07) is 4.95. The molecular weight excluding hydrogens is 447 g/mol. The van der Waals surface area contributed by atoms with Crippen LogP contribution < -0.4 is 10.6 Å². The number of piperidine rings is 1. The van der Waals surface area contributed by atoms with E-state index in [1.165, 1.54) is 30.7 Å². The van der Waals surface area contributed by atoms with Gasteiger partial charge in [0.05, 0.1) is 6.10 Å². The Morgan fingerprint density at radius 3 is 2.84 bits per heavy atom. The smallest absolute Gasteiger partial charge is 0.191 e. The van der Waals surface area contributed by atoms with Crippen LogP contribution in [0.5, 0.6) is 0 Å². The maximum absolute atomic E-state index is 5.67. The Bertz CT molecular complexity index is 519. The SMILES string of the molecule is CN=C(NCC1CCCO1)NCC1CCCN(C)C1c1cccs1.I. The Morgan fingerprint density at radius 2 is 2.16 bits per heavy atom. The van der Waals surface area contributed by atoms with E-state index in [1.54, 1.807) is 0 Å². The van der Waals surface area contributed by atoms with Crippen LogP contribution in [0.3, 0.4) is 0 Å². The van der Waals surface area contributed by atoms with Gasteiger partial charge in [0.25, 0.3) is 0 Å². The van der Waals surface area contributed by atoms with E-state index in [9.17, 15) is 0 Å². The number of hydrogen-bond donors (Lipinski definition) is 2. The number of ether oxygens (including phenoxy) is 1. The molecule has 25 heavy (non-hydrogen) atoms. The molecular formula is C18H31IN4OS. The summed E-state index contributed by atoms with van der Waals surface area (Å²) in [5.41, 5.74) is 0. The summed E-state index contributed by atoms with van der Waals surface area (Å²) in [5, 5.41) is 9.14. The molecule has 5 nitrogen and oxygen atoms in total. The minimum Gasteiger partial charge on any atom is -0.376 e. The molecule has 2 aliphatic rings. The van der Waals surface area contributed by atoms with Gasteiger partial charge in [0.15, 0.2) is 5.96 Å². The Labute approximate surface area is 172 Å². The van der Waals surface area contributed by atoms with Gasteiger partial charge in [0.1, 0.15) is 0 Å². The molecule has 0 bridgehead atoms. The molecule has 1 aromatic rings. The average molecular weight is 478 g/mol. The largest absolute Gasteiger partial charge is 0.376 e. The molecule has 2 aliphatic heterocycles. The van der Waals surface area contributed by atoms with Gasteiger partial charge in [0, 0.05) is 37.7 Å². The van der Waals surface area contributed by atoms with Gasteiger partial charge in [-0.25, -0.2) is 0 Å². The first-order chi connectivity index (χ1) is 11.8. The molecule has 3 unspecified atom stereocenters. The zero-order valence-electron chi connectivity index (χ0n) is 15.2. The molecule has 1 aromatic heterocycles. The van der Waals surface area contributed by atoms with Crippen molar-refractivity contribution in [1.82, 2.24) is 15.5 Å². The Hall–Kier alpha value is -0.380. The van der Waals surface area contributed by atoms with Crippen LogP contribution in [0, 0.1) is 5.92 Å². The number of rotatable bonds is 5. The predicted molar refractivity (Wildman–Crippen MR) is 116 cm³/mol. The van der Waals surface area contributed by atoms with Crippen LogP contribution in [-0.2, 0) is 4.74 Å². The van der Waals surface area contributed by atoms with E-state index in [2.05, 4.69) is 45.1 Å². The van der Waals surface area contributed by atoms with Gasteiger partial charge >= 0.3 is 0 Å². The first kappa shape index (κ1) is 20.9. The second-order valence-electron chi connectivity index (χ2n) is 6.81. The highest BCUT2D eigenvalue weighted by Crippen LogP contribution is 2.36. The summed E-state index contributed by atoms with van der Waals surface area (Å²) in [7, 11) is 4.09. The second-order valence-corrected chi connectivity index (χ2v) is 7.79. The fourth-order valence-corrected chi connectivity index (χ4v) is 4.83. The van der Waals surface area contributed by atoms with Crippen molar-refractivity contribution in [3.63, 3.8) is 0 Å². The maximum atomic E-state index is 5.67. The Morgan fingerprint density at radius 1 is 1.32 bits per heavy atom.